The number of nitrogen functional groups attached to an aromatic ring is 1. The zero-order valence-electron chi connectivity index (χ0n) is 13.3. The number of nitriles is 1. The van der Waals surface area contributed by atoms with Gasteiger partial charge in [0.2, 0.25) is 0 Å². The summed E-state index contributed by atoms with van der Waals surface area (Å²) in [5, 5.41) is 21.8. The number of nitrogens with zero attached hydrogens (tertiary/aromatic N) is 2. The van der Waals surface area contributed by atoms with Gasteiger partial charge in [0, 0.05) is 11.6 Å². The van der Waals surface area contributed by atoms with Crippen molar-refractivity contribution in [3.05, 3.63) is 46.1 Å². The molecule has 1 aromatic carbocycles. The fourth-order valence-corrected chi connectivity index (χ4v) is 2.38. The zero-order valence-corrected chi connectivity index (χ0v) is 14.0. The molecule has 1 heterocycles. The number of carbonyl (C=O) groups is 1. The fraction of sp³-hybridized carbons (Fsp3) is 0.312. The minimum Gasteiger partial charge on any atom is -0.381 e. The Balaban J connectivity index is 1.73. The summed E-state index contributed by atoms with van der Waals surface area (Å²) in [5.74, 6) is 0.204. The number of carbonyl (C=O) groups excluding carboxylic acids is 1. The third-order valence-corrected chi connectivity index (χ3v) is 3.84. The highest BCUT2D eigenvalue weighted by atomic mass is 35.5. The number of halogens is 1. The average molecular weight is 347 g/mol. The quantitative estimate of drug-likeness (QED) is 0.600. The van der Waals surface area contributed by atoms with E-state index in [0.29, 0.717) is 35.7 Å². The van der Waals surface area contributed by atoms with Gasteiger partial charge in [0.25, 0.3) is 0 Å². The molecule has 2 rings (SSSR count). The molecule has 0 aliphatic rings. The monoisotopic (exact) mass is 346 g/mol. The van der Waals surface area contributed by atoms with Gasteiger partial charge < -0.3 is 16.4 Å². The normalized spacial score (nSPS) is 11.5. The lowest BCUT2D eigenvalue weighted by molar-refractivity contribution is 0.238. The van der Waals surface area contributed by atoms with Crippen molar-refractivity contribution in [3.8, 4) is 6.07 Å². The largest absolute Gasteiger partial charge is 0.381 e. The van der Waals surface area contributed by atoms with Gasteiger partial charge in [-0.15, -0.1) is 0 Å². The number of nitrogens with two attached hydrogens (primary N) is 1. The van der Waals surface area contributed by atoms with Gasteiger partial charge >= 0.3 is 6.03 Å². The number of rotatable bonds is 6. The van der Waals surface area contributed by atoms with E-state index >= 15 is 0 Å². The summed E-state index contributed by atoms with van der Waals surface area (Å²) in [6.45, 7) is 2.37. The van der Waals surface area contributed by atoms with E-state index in [1.165, 1.54) is 0 Å². The molecule has 0 unspecified atom stereocenters. The molecule has 0 aliphatic carbocycles. The van der Waals surface area contributed by atoms with Crippen LogP contribution in [0.3, 0.4) is 0 Å². The van der Waals surface area contributed by atoms with Crippen LogP contribution in [0.2, 0.25) is 5.02 Å². The number of urea groups is 1. The first kappa shape index (κ1) is 17.6. The number of benzene rings is 1. The second kappa shape index (κ2) is 8.22. The number of amides is 2. The maximum absolute atomic E-state index is 11.9. The molecular formula is C16H19ClN6O. The molecule has 2 amide bonds. The molecule has 0 saturated heterocycles. The Morgan fingerprint density at radius 3 is 2.83 bits per heavy atom. The minimum atomic E-state index is -0.248. The van der Waals surface area contributed by atoms with Gasteiger partial charge in [0.15, 0.2) is 5.82 Å². The number of hydrogen-bond acceptors (Lipinski definition) is 4. The molecule has 0 spiro atoms. The van der Waals surface area contributed by atoms with Crippen LogP contribution in [-0.4, -0.2) is 22.8 Å². The molecule has 8 heteroatoms. The highest BCUT2D eigenvalue weighted by molar-refractivity contribution is 6.30. The molecule has 126 valence electrons. The first-order valence-electron chi connectivity index (χ1n) is 7.54. The van der Waals surface area contributed by atoms with E-state index in [2.05, 4.69) is 20.8 Å². The number of nitrogens with one attached hydrogen (secondary N) is 3. The van der Waals surface area contributed by atoms with Gasteiger partial charge in [0.05, 0.1) is 11.7 Å². The van der Waals surface area contributed by atoms with Crippen LogP contribution < -0.4 is 16.4 Å². The highest BCUT2D eigenvalue weighted by Crippen LogP contribution is 2.16. The van der Waals surface area contributed by atoms with E-state index < -0.39 is 0 Å². The summed E-state index contributed by atoms with van der Waals surface area (Å²) in [5.41, 5.74) is 7.60. The van der Waals surface area contributed by atoms with Crippen LogP contribution in [0.1, 0.15) is 36.2 Å². The summed E-state index contributed by atoms with van der Waals surface area (Å²) >= 11 is 5.85. The third kappa shape index (κ3) is 4.64. The number of hydrogen-bond donors (Lipinski definition) is 4. The SMILES string of the molecule is C[C@H](NC(=O)NCCCc1[nH]nc(N)c1C#N)c1ccc(Cl)cc1. The van der Waals surface area contributed by atoms with Gasteiger partial charge in [-0.3, -0.25) is 5.10 Å². The minimum absolute atomic E-state index is 0.125. The van der Waals surface area contributed by atoms with Gasteiger partial charge in [-0.1, -0.05) is 23.7 Å². The molecule has 2 aromatic rings. The fourth-order valence-electron chi connectivity index (χ4n) is 2.25. The van der Waals surface area contributed by atoms with Crippen LogP contribution in [0.5, 0.6) is 0 Å². The van der Waals surface area contributed by atoms with E-state index in [1.807, 2.05) is 25.1 Å². The van der Waals surface area contributed by atoms with Crippen molar-refractivity contribution in [2.24, 2.45) is 0 Å². The van der Waals surface area contributed by atoms with Crippen LogP contribution in [0.15, 0.2) is 24.3 Å². The number of aromatic nitrogens is 2. The van der Waals surface area contributed by atoms with Gasteiger partial charge in [-0.25, -0.2) is 4.79 Å². The molecule has 0 aliphatic heterocycles. The molecule has 5 N–H and O–H groups in total. The smallest absolute Gasteiger partial charge is 0.315 e. The van der Waals surface area contributed by atoms with Crippen molar-refractivity contribution in [1.82, 2.24) is 20.8 Å². The van der Waals surface area contributed by atoms with Gasteiger partial charge in [-0.05, 0) is 37.5 Å². The van der Waals surface area contributed by atoms with Crippen LogP contribution in [0.25, 0.3) is 0 Å². The number of anilines is 1. The molecule has 1 atom stereocenters. The Bertz CT molecular complexity index is 734. The van der Waals surface area contributed by atoms with Crippen LogP contribution in [0, 0.1) is 11.3 Å². The van der Waals surface area contributed by atoms with Crippen molar-refractivity contribution in [3.63, 3.8) is 0 Å². The molecule has 0 bridgehead atoms. The summed E-state index contributed by atoms with van der Waals surface area (Å²) in [7, 11) is 0. The van der Waals surface area contributed by atoms with E-state index in [0.717, 1.165) is 5.56 Å². The molecule has 0 saturated carbocycles. The second-order valence-electron chi connectivity index (χ2n) is 5.35. The maximum atomic E-state index is 11.9. The Labute approximate surface area is 145 Å². The van der Waals surface area contributed by atoms with Gasteiger partial charge in [0.1, 0.15) is 11.6 Å². The molecule has 0 radical (unpaired) electrons. The lowest BCUT2D eigenvalue weighted by Gasteiger charge is -2.15. The van der Waals surface area contributed by atoms with E-state index in [-0.39, 0.29) is 17.9 Å². The molecule has 0 fully saturated rings. The third-order valence-electron chi connectivity index (χ3n) is 3.59. The van der Waals surface area contributed by atoms with Crippen molar-refractivity contribution in [2.45, 2.75) is 25.8 Å². The first-order valence-corrected chi connectivity index (χ1v) is 7.91. The Kier molecular flexibility index (Phi) is 6.04. The second-order valence-corrected chi connectivity index (χ2v) is 5.79. The average Bonchev–Trinajstić information content (AvgIpc) is 2.92. The van der Waals surface area contributed by atoms with Crippen molar-refractivity contribution in [2.75, 3.05) is 12.3 Å². The van der Waals surface area contributed by atoms with Crippen molar-refractivity contribution in [1.29, 1.82) is 5.26 Å². The topological polar surface area (TPSA) is 120 Å². The standard InChI is InChI=1S/C16H19ClN6O/c1-10(11-4-6-12(17)7-5-11)21-16(24)20-8-2-3-14-13(9-18)15(19)23-22-14/h4-7,10H,2-3,8H2,1H3,(H3,19,22,23)(H2,20,21,24)/t10-/m0/s1. The zero-order chi connectivity index (χ0) is 17.5. The number of aryl methyl sites for hydroxylation is 1. The molecule has 7 nitrogen and oxygen atoms in total. The molecular weight excluding hydrogens is 328 g/mol. The summed E-state index contributed by atoms with van der Waals surface area (Å²) in [6, 6.07) is 8.96. The Hall–Kier alpha value is -2.72. The van der Waals surface area contributed by atoms with Crippen molar-refractivity contribution >= 4 is 23.4 Å². The van der Waals surface area contributed by atoms with Crippen LogP contribution in [0.4, 0.5) is 10.6 Å². The predicted molar refractivity (Wildman–Crippen MR) is 92.4 cm³/mol. The van der Waals surface area contributed by atoms with Crippen LogP contribution >= 0.6 is 11.6 Å². The van der Waals surface area contributed by atoms with E-state index in [9.17, 15) is 4.79 Å². The highest BCUT2D eigenvalue weighted by Gasteiger charge is 2.11. The lowest BCUT2D eigenvalue weighted by Crippen LogP contribution is -2.37. The van der Waals surface area contributed by atoms with E-state index in [1.54, 1.807) is 12.1 Å². The van der Waals surface area contributed by atoms with Gasteiger partial charge in [-0.2, -0.15) is 10.4 Å². The lowest BCUT2D eigenvalue weighted by atomic mass is 10.1. The summed E-state index contributed by atoms with van der Waals surface area (Å²) < 4.78 is 0. The first-order chi connectivity index (χ1) is 11.5. The van der Waals surface area contributed by atoms with Crippen molar-refractivity contribution < 1.29 is 4.79 Å². The maximum Gasteiger partial charge on any atom is 0.315 e. The Morgan fingerprint density at radius 2 is 2.17 bits per heavy atom. The summed E-state index contributed by atoms with van der Waals surface area (Å²) in [4.78, 5) is 11.9. The van der Waals surface area contributed by atoms with Crippen LogP contribution in [-0.2, 0) is 6.42 Å². The predicted octanol–water partition coefficient (Wildman–Crippen LogP) is 2.51. The number of aromatic amines is 1. The molecule has 24 heavy (non-hydrogen) atoms. The number of H-pyrrole nitrogens is 1. The van der Waals surface area contributed by atoms with E-state index in [4.69, 9.17) is 22.6 Å². The Morgan fingerprint density at radius 1 is 1.46 bits per heavy atom. The summed E-state index contributed by atoms with van der Waals surface area (Å²) in [6.07, 6.45) is 1.25. The molecule has 1 aromatic heterocycles.